The zero-order chi connectivity index (χ0) is 15.2. The van der Waals surface area contributed by atoms with Crippen molar-refractivity contribution in [1.29, 1.82) is 0 Å². The summed E-state index contributed by atoms with van der Waals surface area (Å²) in [6.45, 7) is 0. The number of carbonyl (C=O) groups excluding carboxylic acids is 1. The van der Waals surface area contributed by atoms with Gasteiger partial charge in [0.2, 0.25) is 0 Å². The number of hydrogen-bond donors (Lipinski definition) is 0. The van der Waals surface area contributed by atoms with Crippen molar-refractivity contribution in [3.63, 3.8) is 0 Å². The molecule has 22 heavy (non-hydrogen) atoms. The van der Waals surface area contributed by atoms with Crippen LogP contribution in [0.15, 0.2) is 48.8 Å². The fraction of sp³-hybridized carbons (Fsp3) is 0.267. The first kappa shape index (κ1) is 12.9. The van der Waals surface area contributed by atoms with Crippen LogP contribution in [0.5, 0.6) is 0 Å². The topological polar surface area (TPSA) is 82.8 Å². The summed E-state index contributed by atoms with van der Waals surface area (Å²) in [6.07, 6.45) is 11.2. The van der Waals surface area contributed by atoms with Crippen molar-refractivity contribution in [3.05, 3.63) is 54.7 Å². The lowest BCUT2D eigenvalue weighted by molar-refractivity contribution is -0.144. The maximum atomic E-state index is 12.5. The van der Waals surface area contributed by atoms with Crippen molar-refractivity contribution in [2.24, 2.45) is 11.8 Å². The van der Waals surface area contributed by atoms with Crippen molar-refractivity contribution in [1.82, 2.24) is 25.2 Å². The Morgan fingerprint density at radius 1 is 1.23 bits per heavy atom. The highest BCUT2D eigenvalue weighted by molar-refractivity contribution is 5.89. The van der Waals surface area contributed by atoms with E-state index in [0.29, 0.717) is 5.82 Å². The maximum absolute atomic E-state index is 12.5. The zero-order valence-electron chi connectivity index (χ0n) is 11.8. The van der Waals surface area contributed by atoms with Crippen molar-refractivity contribution in [2.75, 3.05) is 7.11 Å². The summed E-state index contributed by atoms with van der Waals surface area (Å²) in [7, 11) is 1.39. The second-order valence-corrected chi connectivity index (χ2v) is 5.30. The lowest BCUT2D eigenvalue weighted by atomic mass is 10.0. The van der Waals surface area contributed by atoms with E-state index in [1.807, 2.05) is 24.3 Å². The molecule has 2 heterocycles. The molecular formula is C15H13N5O2. The third-order valence-corrected chi connectivity index (χ3v) is 4.35. The van der Waals surface area contributed by atoms with Crippen LogP contribution in [0.2, 0.25) is 0 Å². The normalized spacial score (nSPS) is 28.2. The van der Waals surface area contributed by atoms with Crippen molar-refractivity contribution >= 4 is 5.97 Å². The quantitative estimate of drug-likeness (QED) is 0.780. The van der Waals surface area contributed by atoms with E-state index in [0.717, 1.165) is 5.69 Å². The molecule has 0 bridgehead atoms. The second-order valence-electron chi connectivity index (χ2n) is 5.30. The summed E-state index contributed by atoms with van der Waals surface area (Å²) in [6, 6.07) is 3.59. The van der Waals surface area contributed by atoms with Crippen LogP contribution < -0.4 is 0 Å². The molecule has 4 rings (SSSR count). The van der Waals surface area contributed by atoms with Gasteiger partial charge in [-0.05, 0) is 22.6 Å². The first-order valence-electron chi connectivity index (χ1n) is 6.93. The van der Waals surface area contributed by atoms with E-state index in [-0.39, 0.29) is 17.8 Å². The number of allylic oxidation sites excluding steroid dienone is 4. The number of nitrogens with zero attached hydrogens (tertiary/aromatic N) is 5. The minimum atomic E-state index is -0.856. The molecule has 2 aliphatic rings. The maximum Gasteiger partial charge on any atom is 0.320 e. The number of esters is 1. The minimum Gasteiger partial charge on any atom is -0.468 e. The number of tetrazole rings is 1. The highest BCUT2D eigenvalue weighted by atomic mass is 16.5. The number of methoxy groups -OCH3 is 1. The summed E-state index contributed by atoms with van der Waals surface area (Å²) < 4.78 is 6.64. The summed E-state index contributed by atoms with van der Waals surface area (Å²) in [4.78, 5) is 16.5. The Kier molecular flexibility index (Phi) is 2.69. The molecule has 2 aromatic rings. The smallest absolute Gasteiger partial charge is 0.320 e. The Bertz CT molecular complexity index is 762. The molecule has 0 spiro atoms. The van der Waals surface area contributed by atoms with Crippen LogP contribution >= 0.6 is 0 Å². The predicted octanol–water partition coefficient (Wildman–Crippen LogP) is 0.840. The van der Waals surface area contributed by atoms with Gasteiger partial charge >= 0.3 is 5.97 Å². The number of fused-ring (bicyclic) bond motifs is 1. The van der Waals surface area contributed by atoms with Crippen LogP contribution in [0.3, 0.4) is 0 Å². The third-order valence-electron chi connectivity index (χ3n) is 4.35. The van der Waals surface area contributed by atoms with Crippen LogP contribution in [0, 0.1) is 11.8 Å². The Balaban J connectivity index is 1.87. The molecule has 7 nitrogen and oxygen atoms in total. The molecule has 1 fully saturated rings. The highest BCUT2D eigenvalue weighted by Gasteiger charge is 2.72. The minimum absolute atomic E-state index is 0.0246. The van der Waals surface area contributed by atoms with E-state index >= 15 is 0 Å². The molecule has 7 heteroatoms. The van der Waals surface area contributed by atoms with Crippen LogP contribution in [0.25, 0.3) is 5.69 Å². The summed E-state index contributed by atoms with van der Waals surface area (Å²) in [5.74, 6) is 0.230. The van der Waals surface area contributed by atoms with Crippen molar-refractivity contribution in [2.45, 2.75) is 5.41 Å². The molecular weight excluding hydrogens is 282 g/mol. The van der Waals surface area contributed by atoms with Gasteiger partial charge < -0.3 is 4.74 Å². The van der Waals surface area contributed by atoms with E-state index in [9.17, 15) is 4.79 Å². The number of ether oxygens (including phenoxy) is 1. The van der Waals surface area contributed by atoms with Crippen LogP contribution in [0.1, 0.15) is 5.82 Å². The largest absolute Gasteiger partial charge is 0.468 e. The number of pyridine rings is 1. The van der Waals surface area contributed by atoms with Gasteiger partial charge in [-0.2, -0.15) is 4.68 Å². The van der Waals surface area contributed by atoms with E-state index in [2.05, 4.69) is 20.5 Å². The molecule has 3 atom stereocenters. The van der Waals surface area contributed by atoms with Gasteiger partial charge in [-0.25, -0.2) is 0 Å². The average molecular weight is 295 g/mol. The standard InChI is InChI=1S/C15H13N5O2/c1-22-14(21)15(11-4-2-3-5-12(11)15)13-17-18-19-20(13)10-6-8-16-9-7-10/h2-9,11-12H,1H3/t11-,12+,15?. The summed E-state index contributed by atoms with van der Waals surface area (Å²) >= 11 is 0. The summed E-state index contributed by atoms with van der Waals surface area (Å²) in [5, 5.41) is 11.9. The van der Waals surface area contributed by atoms with Gasteiger partial charge in [0, 0.05) is 24.2 Å². The van der Waals surface area contributed by atoms with Gasteiger partial charge in [-0.1, -0.05) is 24.3 Å². The first-order valence-corrected chi connectivity index (χ1v) is 6.93. The fourth-order valence-electron chi connectivity index (χ4n) is 3.29. The van der Waals surface area contributed by atoms with Crippen molar-refractivity contribution in [3.8, 4) is 5.69 Å². The second kappa shape index (κ2) is 4.59. The lowest BCUT2D eigenvalue weighted by Crippen LogP contribution is -2.29. The first-order chi connectivity index (χ1) is 10.8. The molecule has 0 aliphatic heterocycles. The monoisotopic (exact) mass is 295 g/mol. The molecule has 110 valence electrons. The Morgan fingerprint density at radius 2 is 1.91 bits per heavy atom. The third kappa shape index (κ3) is 1.53. The van der Waals surface area contributed by atoms with Crippen LogP contribution in [-0.2, 0) is 14.9 Å². The van der Waals surface area contributed by atoms with E-state index < -0.39 is 5.41 Å². The summed E-state index contributed by atoms with van der Waals surface area (Å²) in [5.41, 5.74) is -0.0970. The van der Waals surface area contributed by atoms with E-state index in [4.69, 9.17) is 4.74 Å². The van der Waals surface area contributed by atoms with Gasteiger partial charge in [0.25, 0.3) is 0 Å². The molecule has 2 aliphatic carbocycles. The molecule has 1 unspecified atom stereocenters. The number of hydrogen-bond acceptors (Lipinski definition) is 6. The Labute approximate surface area is 126 Å². The number of carbonyl (C=O) groups is 1. The predicted molar refractivity (Wildman–Crippen MR) is 75.9 cm³/mol. The van der Waals surface area contributed by atoms with E-state index in [1.165, 1.54) is 7.11 Å². The van der Waals surface area contributed by atoms with Gasteiger partial charge in [0.1, 0.15) is 5.41 Å². The van der Waals surface area contributed by atoms with Crippen LogP contribution in [0.4, 0.5) is 0 Å². The van der Waals surface area contributed by atoms with Gasteiger partial charge in [-0.3, -0.25) is 9.78 Å². The molecule has 1 saturated carbocycles. The van der Waals surface area contributed by atoms with Crippen LogP contribution in [-0.4, -0.2) is 38.3 Å². The van der Waals surface area contributed by atoms with Gasteiger partial charge in [0.05, 0.1) is 12.8 Å². The lowest BCUT2D eigenvalue weighted by Gasteiger charge is -2.14. The Hall–Kier alpha value is -2.83. The number of rotatable bonds is 3. The zero-order valence-corrected chi connectivity index (χ0v) is 11.8. The SMILES string of the molecule is COC(=O)C1(c2nnnn2-c2ccncc2)[C@@H]2C=CC=C[C@@H]21. The Morgan fingerprint density at radius 3 is 2.55 bits per heavy atom. The molecule has 0 aromatic carbocycles. The fourth-order valence-corrected chi connectivity index (χ4v) is 3.29. The number of aromatic nitrogens is 5. The molecule has 2 aromatic heterocycles. The molecule has 0 radical (unpaired) electrons. The van der Waals surface area contributed by atoms with Crippen molar-refractivity contribution < 1.29 is 9.53 Å². The van der Waals surface area contributed by atoms with Gasteiger partial charge in [-0.15, -0.1) is 5.10 Å². The highest BCUT2D eigenvalue weighted by Crippen LogP contribution is 2.62. The average Bonchev–Trinajstić information content (AvgIpc) is 3.00. The van der Waals surface area contributed by atoms with Gasteiger partial charge in [0.15, 0.2) is 5.82 Å². The molecule has 0 amide bonds. The van der Waals surface area contributed by atoms with E-state index in [1.54, 1.807) is 29.2 Å². The molecule has 0 saturated heterocycles. The molecule has 0 N–H and O–H groups in total.